The van der Waals surface area contributed by atoms with Crippen LogP contribution in [0.25, 0.3) is 27.6 Å². The average Bonchev–Trinajstić information content (AvgIpc) is 3.44. The molecule has 1 fully saturated rings. The molecule has 150 valence electrons. The molecular weight excluding hydrogens is 378 g/mol. The lowest BCUT2D eigenvalue weighted by Gasteiger charge is -2.24. The summed E-state index contributed by atoms with van der Waals surface area (Å²) in [6.07, 6.45) is 4.21. The smallest absolute Gasteiger partial charge is 0.295 e. The maximum absolute atomic E-state index is 13.1. The molecular formula is C24H21N3O3. The third kappa shape index (κ3) is 2.57. The summed E-state index contributed by atoms with van der Waals surface area (Å²) in [6.45, 7) is 2.39. The number of carbonyl (C=O) groups is 2. The van der Waals surface area contributed by atoms with Gasteiger partial charge >= 0.3 is 0 Å². The third-order valence-corrected chi connectivity index (χ3v) is 5.76. The summed E-state index contributed by atoms with van der Waals surface area (Å²) in [5.41, 5.74) is 3.22. The number of amides is 1. The molecule has 6 heteroatoms. The highest BCUT2D eigenvalue weighted by Crippen LogP contribution is 2.42. The standard InChI is InChI=1S/C24H21N3O3/c1-2-11-27-21(16-12-25-18-9-5-3-7-14(16)18)20(23(29)24(27)30)22(28)17-13-26-19-10-6-4-8-15(17)19/h3-10,12-13,21,25-26,28H,2,11H2,1H3/b22-20+. The van der Waals surface area contributed by atoms with Crippen LogP contribution in [-0.4, -0.2) is 38.2 Å². The van der Waals surface area contributed by atoms with Crippen molar-refractivity contribution in [3.8, 4) is 0 Å². The van der Waals surface area contributed by atoms with Crippen LogP contribution in [0.15, 0.2) is 66.5 Å². The molecule has 1 atom stereocenters. The first-order chi connectivity index (χ1) is 14.6. The van der Waals surface area contributed by atoms with Crippen LogP contribution in [0.4, 0.5) is 0 Å². The van der Waals surface area contributed by atoms with E-state index < -0.39 is 17.7 Å². The summed E-state index contributed by atoms with van der Waals surface area (Å²) < 4.78 is 0. The zero-order valence-corrected chi connectivity index (χ0v) is 16.5. The lowest BCUT2D eigenvalue weighted by Crippen LogP contribution is -2.30. The largest absolute Gasteiger partial charge is 0.507 e. The fourth-order valence-corrected chi connectivity index (χ4v) is 4.41. The van der Waals surface area contributed by atoms with Gasteiger partial charge in [0.05, 0.1) is 11.6 Å². The molecule has 0 radical (unpaired) electrons. The normalized spacial score (nSPS) is 18.7. The minimum absolute atomic E-state index is 0.128. The number of Topliss-reactive ketones (excluding diaryl/α,β-unsaturated/α-hetero) is 1. The van der Waals surface area contributed by atoms with E-state index in [0.29, 0.717) is 18.5 Å². The predicted molar refractivity (Wildman–Crippen MR) is 116 cm³/mol. The van der Waals surface area contributed by atoms with Crippen LogP contribution in [0.5, 0.6) is 0 Å². The SMILES string of the molecule is CCCN1C(=O)C(=O)/C(=C(/O)c2c[nH]c3ccccc23)C1c1c[nH]c2ccccc12. The molecule has 3 N–H and O–H groups in total. The molecule has 5 rings (SSSR count). The maximum Gasteiger partial charge on any atom is 0.295 e. The topological polar surface area (TPSA) is 89.2 Å². The number of aliphatic hydroxyl groups is 1. The fraction of sp³-hybridized carbons (Fsp3) is 0.167. The second-order valence-corrected chi connectivity index (χ2v) is 7.53. The van der Waals surface area contributed by atoms with Gasteiger partial charge in [0, 0.05) is 51.9 Å². The van der Waals surface area contributed by atoms with E-state index in [4.69, 9.17) is 0 Å². The van der Waals surface area contributed by atoms with Crippen LogP contribution in [0.2, 0.25) is 0 Å². The Kier molecular flexibility index (Phi) is 4.20. The van der Waals surface area contributed by atoms with Gasteiger partial charge < -0.3 is 20.0 Å². The highest BCUT2D eigenvalue weighted by Gasteiger charge is 2.46. The summed E-state index contributed by atoms with van der Waals surface area (Å²) >= 11 is 0. The maximum atomic E-state index is 13.1. The zero-order valence-electron chi connectivity index (χ0n) is 16.5. The van der Waals surface area contributed by atoms with E-state index in [1.165, 1.54) is 0 Å². The van der Waals surface area contributed by atoms with Crippen LogP contribution >= 0.6 is 0 Å². The number of aromatic amines is 2. The lowest BCUT2D eigenvalue weighted by molar-refractivity contribution is -0.139. The van der Waals surface area contributed by atoms with Crippen LogP contribution in [-0.2, 0) is 9.59 Å². The Labute approximate surface area is 172 Å². The fourth-order valence-electron chi connectivity index (χ4n) is 4.41. The number of aliphatic hydroxyl groups excluding tert-OH is 1. The number of hydrogen-bond acceptors (Lipinski definition) is 3. The molecule has 1 amide bonds. The Hall–Kier alpha value is -3.80. The molecule has 1 aliphatic heterocycles. The molecule has 1 unspecified atom stereocenters. The Balaban J connectivity index is 1.77. The third-order valence-electron chi connectivity index (χ3n) is 5.76. The molecule has 1 aliphatic rings. The molecule has 0 bridgehead atoms. The lowest BCUT2D eigenvalue weighted by atomic mass is 9.95. The Morgan fingerprint density at radius 2 is 1.60 bits per heavy atom. The van der Waals surface area contributed by atoms with Gasteiger partial charge in [-0.05, 0) is 18.6 Å². The molecule has 0 saturated carbocycles. The first kappa shape index (κ1) is 18.2. The summed E-state index contributed by atoms with van der Waals surface area (Å²) in [4.78, 5) is 33.9. The number of nitrogens with zero attached hydrogens (tertiary/aromatic N) is 1. The molecule has 1 saturated heterocycles. The highest BCUT2D eigenvalue weighted by atomic mass is 16.3. The van der Waals surface area contributed by atoms with Crippen LogP contribution < -0.4 is 0 Å². The second kappa shape index (κ2) is 6.91. The van der Waals surface area contributed by atoms with E-state index in [1.54, 1.807) is 11.1 Å². The Morgan fingerprint density at radius 1 is 0.967 bits per heavy atom. The van der Waals surface area contributed by atoms with Crippen LogP contribution in [0.1, 0.15) is 30.5 Å². The number of rotatable bonds is 4. The quantitative estimate of drug-likeness (QED) is 0.268. The number of benzene rings is 2. The van der Waals surface area contributed by atoms with Crippen molar-refractivity contribution in [1.29, 1.82) is 0 Å². The summed E-state index contributed by atoms with van der Waals surface area (Å²) in [6, 6.07) is 14.7. The Morgan fingerprint density at radius 3 is 2.33 bits per heavy atom. The number of hydrogen-bond donors (Lipinski definition) is 3. The van der Waals surface area contributed by atoms with Gasteiger partial charge in [-0.15, -0.1) is 0 Å². The molecule has 4 aromatic rings. The zero-order chi connectivity index (χ0) is 20.8. The van der Waals surface area contributed by atoms with Crippen molar-refractivity contribution in [3.63, 3.8) is 0 Å². The number of H-pyrrole nitrogens is 2. The number of ketones is 1. The van der Waals surface area contributed by atoms with Crippen molar-refractivity contribution in [3.05, 3.63) is 77.6 Å². The van der Waals surface area contributed by atoms with Gasteiger partial charge in [0.15, 0.2) is 0 Å². The van der Waals surface area contributed by atoms with E-state index in [-0.39, 0.29) is 11.3 Å². The van der Waals surface area contributed by atoms with Crippen molar-refractivity contribution < 1.29 is 14.7 Å². The highest BCUT2D eigenvalue weighted by molar-refractivity contribution is 6.46. The second-order valence-electron chi connectivity index (χ2n) is 7.53. The van der Waals surface area contributed by atoms with Gasteiger partial charge in [0.25, 0.3) is 11.7 Å². The monoisotopic (exact) mass is 399 g/mol. The van der Waals surface area contributed by atoms with E-state index in [1.807, 2.05) is 61.7 Å². The van der Waals surface area contributed by atoms with Crippen molar-refractivity contribution in [2.45, 2.75) is 19.4 Å². The number of aromatic nitrogens is 2. The van der Waals surface area contributed by atoms with Gasteiger partial charge in [-0.3, -0.25) is 9.59 Å². The molecule has 0 aliphatic carbocycles. The van der Waals surface area contributed by atoms with Crippen LogP contribution in [0, 0.1) is 0 Å². The molecule has 2 aromatic heterocycles. The number of carbonyl (C=O) groups excluding carboxylic acids is 2. The first-order valence-electron chi connectivity index (χ1n) is 10.0. The summed E-state index contributed by atoms with van der Waals surface area (Å²) in [7, 11) is 0. The first-order valence-corrected chi connectivity index (χ1v) is 10.0. The Bertz CT molecular complexity index is 1330. The van der Waals surface area contributed by atoms with Gasteiger partial charge in [-0.1, -0.05) is 43.3 Å². The molecule has 6 nitrogen and oxygen atoms in total. The van der Waals surface area contributed by atoms with Crippen molar-refractivity contribution in [2.75, 3.05) is 6.54 Å². The van der Waals surface area contributed by atoms with Gasteiger partial charge in [0.2, 0.25) is 0 Å². The average molecular weight is 399 g/mol. The van der Waals surface area contributed by atoms with E-state index >= 15 is 0 Å². The van der Waals surface area contributed by atoms with E-state index in [0.717, 1.165) is 27.4 Å². The van der Waals surface area contributed by atoms with E-state index in [9.17, 15) is 14.7 Å². The van der Waals surface area contributed by atoms with Crippen molar-refractivity contribution >= 4 is 39.3 Å². The minimum atomic E-state index is -0.651. The predicted octanol–water partition coefficient (Wildman–Crippen LogP) is 4.48. The van der Waals surface area contributed by atoms with E-state index in [2.05, 4.69) is 9.97 Å². The van der Waals surface area contributed by atoms with Crippen LogP contribution in [0.3, 0.4) is 0 Å². The number of para-hydroxylation sites is 2. The molecule has 3 heterocycles. The minimum Gasteiger partial charge on any atom is -0.507 e. The van der Waals surface area contributed by atoms with Gasteiger partial charge in [-0.25, -0.2) is 0 Å². The molecule has 0 spiro atoms. The number of likely N-dealkylation sites (tertiary alicyclic amines) is 1. The van der Waals surface area contributed by atoms with Crippen molar-refractivity contribution in [1.82, 2.24) is 14.9 Å². The number of nitrogens with one attached hydrogen (secondary N) is 2. The molecule has 2 aromatic carbocycles. The number of fused-ring (bicyclic) bond motifs is 2. The summed E-state index contributed by atoms with van der Waals surface area (Å²) in [5, 5.41) is 13.0. The molecule has 30 heavy (non-hydrogen) atoms. The summed E-state index contributed by atoms with van der Waals surface area (Å²) in [5.74, 6) is -1.38. The van der Waals surface area contributed by atoms with Gasteiger partial charge in [-0.2, -0.15) is 0 Å². The van der Waals surface area contributed by atoms with Gasteiger partial charge in [0.1, 0.15) is 5.76 Å². The van der Waals surface area contributed by atoms with Crippen molar-refractivity contribution in [2.24, 2.45) is 0 Å².